The average Bonchev–Trinajstić information content (AvgIpc) is 3.64. The van der Waals surface area contributed by atoms with Crippen LogP contribution in [-0.2, 0) is 10.2 Å². The van der Waals surface area contributed by atoms with E-state index < -0.39 is 5.60 Å². The van der Waals surface area contributed by atoms with E-state index in [0.717, 1.165) is 37.2 Å². The Morgan fingerprint density at radius 2 is 1.95 bits per heavy atom. The third-order valence-electron chi connectivity index (χ3n) is 8.34. The molecule has 2 bridgehead atoms. The Balaban J connectivity index is 1.16. The van der Waals surface area contributed by atoms with Crippen molar-refractivity contribution in [3.05, 3.63) is 59.5 Å². The van der Waals surface area contributed by atoms with Gasteiger partial charge in [-0.2, -0.15) is 0 Å². The van der Waals surface area contributed by atoms with Crippen molar-refractivity contribution in [2.24, 2.45) is 5.92 Å². The van der Waals surface area contributed by atoms with E-state index in [4.69, 9.17) is 4.74 Å². The molecular formula is C29H36N6O3. The third kappa shape index (κ3) is 4.27. The zero-order valence-corrected chi connectivity index (χ0v) is 22.8. The highest BCUT2D eigenvalue weighted by Crippen LogP contribution is 2.42. The smallest absolute Gasteiger partial charge is 0.410 e. The van der Waals surface area contributed by atoms with Crippen molar-refractivity contribution >= 4 is 23.3 Å². The molecule has 38 heavy (non-hydrogen) atoms. The largest absolute Gasteiger partial charge is 0.444 e. The Hall–Kier alpha value is -3.62. The Labute approximate surface area is 223 Å². The molecule has 3 aliphatic heterocycles. The van der Waals surface area contributed by atoms with Gasteiger partial charge in [0.05, 0.1) is 24.0 Å². The van der Waals surface area contributed by atoms with Gasteiger partial charge in [-0.25, -0.2) is 14.3 Å². The molecule has 0 radical (unpaired) electrons. The molecule has 1 saturated carbocycles. The number of hydrogen-bond acceptors (Lipinski definition) is 6. The van der Waals surface area contributed by atoms with Gasteiger partial charge in [-0.15, -0.1) is 5.10 Å². The van der Waals surface area contributed by atoms with Gasteiger partial charge in [0.25, 0.3) is 5.91 Å². The van der Waals surface area contributed by atoms with E-state index in [9.17, 15) is 9.59 Å². The lowest BCUT2D eigenvalue weighted by atomic mass is 9.80. The lowest BCUT2D eigenvalue weighted by molar-refractivity contribution is 0.0221. The summed E-state index contributed by atoms with van der Waals surface area (Å²) >= 11 is 0. The minimum Gasteiger partial charge on any atom is -0.444 e. The molecule has 1 aliphatic carbocycles. The number of amides is 2. The summed E-state index contributed by atoms with van der Waals surface area (Å²) in [6.45, 7) is 12.4. The molecule has 200 valence electrons. The van der Waals surface area contributed by atoms with Crippen LogP contribution in [0.15, 0.2) is 42.6 Å². The highest BCUT2D eigenvalue weighted by Gasteiger charge is 2.55. The van der Waals surface area contributed by atoms with Crippen molar-refractivity contribution in [1.29, 1.82) is 0 Å². The van der Waals surface area contributed by atoms with E-state index in [-0.39, 0.29) is 41.2 Å². The standard InChI is InChI=1S/C29H36N6O3/c1-18-13-21(33-12-11-29(5,17-33)20-9-7-6-8-10-20)16-35-25(18)31-24(32-35)26(36)30-23-19-14-22(23)34(15-19)27(37)38-28(2,3)4/h6-10,13,16,19,22-23H,11-12,14-15,17H2,1-5H3,(H,30,36)/t19?,22?,23?,29-/m0/s1. The first-order valence-corrected chi connectivity index (χ1v) is 13.5. The maximum atomic E-state index is 13.1. The van der Waals surface area contributed by atoms with Crippen LogP contribution in [0.3, 0.4) is 0 Å². The van der Waals surface area contributed by atoms with E-state index in [0.29, 0.717) is 12.2 Å². The number of hydrogen-bond donors (Lipinski definition) is 1. The highest BCUT2D eigenvalue weighted by molar-refractivity contribution is 5.91. The monoisotopic (exact) mass is 516 g/mol. The highest BCUT2D eigenvalue weighted by atomic mass is 16.6. The van der Waals surface area contributed by atoms with Crippen molar-refractivity contribution in [1.82, 2.24) is 24.8 Å². The summed E-state index contributed by atoms with van der Waals surface area (Å²) in [5.41, 5.74) is 3.63. The first-order valence-electron chi connectivity index (χ1n) is 13.5. The number of aromatic nitrogens is 3. The molecule has 9 heteroatoms. The number of carbonyl (C=O) groups is 2. The van der Waals surface area contributed by atoms with Gasteiger partial charge in [0.1, 0.15) is 5.60 Å². The van der Waals surface area contributed by atoms with Gasteiger partial charge in [-0.1, -0.05) is 37.3 Å². The number of nitrogens with zero attached hydrogens (tertiary/aromatic N) is 5. The van der Waals surface area contributed by atoms with Gasteiger partial charge in [0.15, 0.2) is 5.65 Å². The summed E-state index contributed by atoms with van der Waals surface area (Å²) in [5.74, 6) is 0.0741. The number of nitrogens with one attached hydrogen (secondary N) is 1. The van der Waals surface area contributed by atoms with Crippen LogP contribution in [0.5, 0.6) is 0 Å². The van der Waals surface area contributed by atoms with Crippen molar-refractivity contribution in [3.8, 4) is 0 Å². The lowest BCUT2D eigenvalue weighted by Gasteiger charge is -2.36. The Kier molecular flexibility index (Phi) is 5.66. The lowest BCUT2D eigenvalue weighted by Crippen LogP contribution is -2.55. The van der Waals surface area contributed by atoms with E-state index in [2.05, 4.69) is 63.6 Å². The second-order valence-corrected chi connectivity index (χ2v) is 12.4. The zero-order chi connectivity index (χ0) is 26.8. The molecule has 3 saturated heterocycles. The van der Waals surface area contributed by atoms with Crippen LogP contribution >= 0.6 is 0 Å². The fourth-order valence-corrected chi connectivity index (χ4v) is 6.24. The Morgan fingerprint density at radius 1 is 1.18 bits per heavy atom. The van der Waals surface area contributed by atoms with Crippen molar-refractivity contribution in [2.45, 2.75) is 70.6 Å². The summed E-state index contributed by atoms with van der Waals surface area (Å²) in [7, 11) is 0. The summed E-state index contributed by atoms with van der Waals surface area (Å²) in [6, 6.07) is 12.7. The van der Waals surface area contributed by atoms with E-state index in [1.54, 1.807) is 9.42 Å². The number of fused-ring (bicyclic) bond motifs is 2. The number of aryl methyl sites for hydroxylation is 1. The van der Waals surface area contributed by atoms with Crippen molar-refractivity contribution in [2.75, 3.05) is 24.5 Å². The molecule has 3 aromatic rings. The topological polar surface area (TPSA) is 92.1 Å². The van der Waals surface area contributed by atoms with E-state index in [1.807, 2.05) is 33.9 Å². The first-order chi connectivity index (χ1) is 18.0. The number of carbonyl (C=O) groups excluding carboxylic acids is 2. The van der Waals surface area contributed by atoms with Crippen molar-refractivity contribution < 1.29 is 14.3 Å². The van der Waals surface area contributed by atoms with Crippen LogP contribution in [0.1, 0.15) is 62.3 Å². The summed E-state index contributed by atoms with van der Waals surface area (Å²) < 4.78 is 7.27. The average molecular weight is 517 g/mol. The van der Waals surface area contributed by atoms with Crippen LogP contribution in [-0.4, -0.2) is 68.8 Å². The van der Waals surface area contributed by atoms with Gasteiger partial charge < -0.3 is 19.9 Å². The molecule has 2 aromatic heterocycles. The van der Waals surface area contributed by atoms with Gasteiger partial charge in [-0.05, 0) is 57.7 Å². The van der Waals surface area contributed by atoms with Crippen molar-refractivity contribution in [3.63, 3.8) is 0 Å². The van der Waals surface area contributed by atoms with Crippen LogP contribution in [0.2, 0.25) is 0 Å². The van der Waals surface area contributed by atoms with Crippen LogP contribution in [0.4, 0.5) is 10.5 Å². The summed E-state index contributed by atoms with van der Waals surface area (Å²) in [4.78, 5) is 34.4. The molecular weight excluding hydrogens is 480 g/mol. The molecule has 4 fully saturated rings. The molecule has 4 aliphatic rings. The number of pyridine rings is 1. The Bertz CT molecular complexity index is 1400. The quantitative estimate of drug-likeness (QED) is 0.565. The van der Waals surface area contributed by atoms with E-state index >= 15 is 0 Å². The normalized spacial score (nSPS) is 26.5. The minimum atomic E-state index is -0.546. The number of ether oxygens (including phenoxy) is 1. The third-order valence-corrected chi connectivity index (χ3v) is 8.34. The molecule has 2 amide bonds. The molecule has 0 spiro atoms. The van der Waals surface area contributed by atoms with Crippen LogP contribution in [0, 0.1) is 12.8 Å². The Morgan fingerprint density at radius 3 is 2.68 bits per heavy atom. The van der Waals surface area contributed by atoms with Crippen LogP contribution in [0.25, 0.3) is 5.65 Å². The molecule has 9 nitrogen and oxygen atoms in total. The minimum absolute atomic E-state index is 0.0433. The molecule has 4 atom stereocenters. The summed E-state index contributed by atoms with van der Waals surface area (Å²) in [5, 5.41) is 7.63. The van der Waals surface area contributed by atoms with Gasteiger partial charge in [0, 0.05) is 31.0 Å². The fourth-order valence-electron chi connectivity index (χ4n) is 6.24. The fraction of sp³-hybridized carbons (Fsp3) is 0.517. The molecule has 5 heterocycles. The predicted octanol–water partition coefficient (Wildman–Crippen LogP) is 3.94. The van der Waals surface area contributed by atoms with Crippen LogP contribution < -0.4 is 10.2 Å². The molecule has 1 aromatic carbocycles. The SMILES string of the molecule is Cc1cc(N2CC[C@](C)(c3ccccc3)C2)cn2nc(C(=O)NC3C4CC3N(C(=O)OC(C)(C)C)C4)nc12. The molecule has 3 unspecified atom stereocenters. The van der Waals surface area contributed by atoms with Gasteiger partial charge in [0.2, 0.25) is 5.82 Å². The number of rotatable bonds is 4. The van der Waals surface area contributed by atoms with Gasteiger partial charge in [-0.3, -0.25) is 4.79 Å². The molecule has 1 N–H and O–H groups in total. The zero-order valence-electron chi connectivity index (χ0n) is 22.8. The first kappa shape index (κ1) is 24.7. The molecule has 7 rings (SSSR count). The maximum absolute atomic E-state index is 13.1. The van der Waals surface area contributed by atoms with Gasteiger partial charge >= 0.3 is 6.09 Å². The second kappa shape index (κ2) is 8.71. The maximum Gasteiger partial charge on any atom is 0.410 e. The second-order valence-electron chi connectivity index (χ2n) is 12.4. The number of benzene rings is 1. The van der Waals surface area contributed by atoms with E-state index in [1.165, 1.54) is 5.56 Å². The summed E-state index contributed by atoms with van der Waals surface area (Å²) in [6.07, 6.45) is 3.60. The number of anilines is 1. The predicted molar refractivity (Wildman–Crippen MR) is 144 cm³/mol.